The van der Waals surface area contributed by atoms with E-state index in [2.05, 4.69) is 19.6 Å². The van der Waals surface area contributed by atoms with Gasteiger partial charge < -0.3 is 23.7 Å². The lowest BCUT2D eigenvalue weighted by molar-refractivity contribution is -0.421. The first-order chi connectivity index (χ1) is 18.0. The molecular formula is C31H36O7. The summed E-state index contributed by atoms with van der Waals surface area (Å²) in [7, 11) is 1.59. The van der Waals surface area contributed by atoms with Crippen LogP contribution in [0.3, 0.4) is 0 Å². The molecule has 6 rings (SSSR count). The molecule has 0 aromatic heterocycles. The van der Waals surface area contributed by atoms with Crippen LogP contribution in [0.15, 0.2) is 65.8 Å². The van der Waals surface area contributed by atoms with E-state index >= 15 is 0 Å². The number of esters is 1. The maximum Gasteiger partial charge on any atom is 0.302 e. The molecule has 3 bridgehead atoms. The second-order valence-corrected chi connectivity index (χ2v) is 11.8. The highest BCUT2D eigenvalue weighted by molar-refractivity contribution is 6.05. The molecule has 0 N–H and O–H groups in total. The monoisotopic (exact) mass is 520 g/mol. The van der Waals surface area contributed by atoms with Gasteiger partial charge in [-0.05, 0) is 48.5 Å². The van der Waals surface area contributed by atoms with Crippen molar-refractivity contribution < 1.29 is 33.3 Å². The molecular weight excluding hydrogens is 484 g/mol. The number of Topliss-reactive ketones (excluding diaryl/α,β-unsaturated/α-hetero) is 1. The quantitative estimate of drug-likeness (QED) is 0.405. The molecule has 3 fully saturated rings. The molecule has 1 aromatic carbocycles. The minimum atomic E-state index is -1.34. The van der Waals surface area contributed by atoms with E-state index in [-0.39, 0.29) is 36.1 Å². The fourth-order valence-corrected chi connectivity index (χ4v) is 7.95. The number of fused-ring (bicyclic) bond motifs is 2. The average molecular weight is 521 g/mol. The van der Waals surface area contributed by atoms with Crippen molar-refractivity contribution in [3.63, 3.8) is 0 Å². The Labute approximate surface area is 223 Å². The highest BCUT2D eigenvalue weighted by Crippen LogP contribution is 2.68. The maximum absolute atomic E-state index is 13.8. The molecule has 7 heteroatoms. The largest absolute Gasteiger partial charge is 0.461 e. The minimum absolute atomic E-state index is 0.0270. The molecule has 8 atom stereocenters. The Morgan fingerprint density at radius 3 is 2.55 bits per heavy atom. The first-order valence-electron chi connectivity index (χ1n) is 13.4. The Morgan fingerprint density at radius 1 is 1.16 bits per heavy atom. The molecule has 1 aromatic rings. The van der Waals surface area contributed by atoms with Gasteiger partial charge in [0, 0.05) is 32.3 Å². The topological polar surface area (TPSA) is 80.3 Å². The van der Waals surface area contributed by atoms with Gasteiger partial charge in [-0.15, -0.1) is 0 Å². The zero-order valence-corrected chi connectivity index (χ0v) is 22.7. The van der Waals surface area contributed by atoms with Crippen molar-refractivity contribution in [3.8, 4) is 0 Å². The molecule has 1 unspecified atom stereocenters. The number of ketones is 1. The van der Waals surface area contributed by atoms with Crippen molar-refractivity contribution in [3.05, 3.63) is 71.3 Å². The lowest BCUT2D eigenvalue weighted by atomic mass is 9.54. The second-order valence-electron chi connectivity index (χ2n) is 11.8. The minimum Gasteiger partial charge on any atom is -0.461 e. The summed E-state index contributed by atoms with van der Waals surface area (Å²) in [5, 5.41) is 0. The van der Waals surface area contributed by atoms with Crippen LogP contribution in [0, 0.1) is 17.8 Å². The Bertz CT molecular complexity index is 1270. The standard InChI is InChI=1S/C31H36O7/c1-18(2)28-14-20(4)31-24(27(28)36-30(37-28,38-31)16-22-10-8-7-9-11-22)13-23(17-35-21(5)32)15-29(34-6)25(31)12-19(3)26(29)33/h7-13,20,24-25,27H,1,14-17H2,2-6H3/t20-,24+,25-,27-,28-,29-,30?,31-/m1/s1. The third-order valence-corrected chi connectivity index (χ3v) is 9.53. The molecule has 2 saturated heterocycles. The van der Waals surface area contributed by atoms with E-state index in [9.17, 15) is 9.59 Å². The van der Waals surface area contributed by atoms with Crippen LogP contribution in [-0.4, -0.2) is 54.3 Å². The lowest BCUT2D eigenvalue weighted by Gasteiger charge is -2.59. The fourth-order valence-electron chi connectivity index (χ4n) is 7.95. The van der Waals surface area contributed by atoms with Crippen molar-refractivity contribution in [1.29, 1.82) is 0 Å². The van der Waals surface area contributed by atoms with Crippen molar-refractivity contribution in [2.24, 2.45) is 17.8 Å². The molecule has 0 radical (unpaired) electrons. The van der Waals surface area contributed by atoms with Crippen LogP contribution in [0.2, 0.25) is 0 Å². The van der Waals surface area contributed by atoms with E-state index in [1.165, 1.54) is 6.92 Å². The first kappa shape index (κ1) is 25.7. The lowest BCUT2D eigenvalue weighted by Crippen LogP contribution is -2.70. The normalized spacial score (nSPS) is 42.6. The summed E-state index contributed by atoms with van der Waals surface area (Å²) < 4.78 is 32.6. The molecule has 5 aliphatic rings. The molecule has 202 valence electrons. The van der Waals surface area contributed by atoms with Crippen molar-refractivity contribution in [2.45, 2.75) is 75.8 Å². The highest BCUT2D eigenvalue weighted by atomic mass is 16.9. The molecule has 38 heavy (non-hydrogen) atoms. The number of hydrogen-bond donors (Lipinski definition) is 0. The SMILES string of the molecule is C=C(C)[C@]12C[C@@H](C)[C@@]34OC(Cc5ccccc5)(O[C@@H]1[C@@H]3C=C(COC(C)=O)C[C@]1(OC)C(=O)C(C)=C[C@@H]41)O2. The van der Waals surface area contributed by atoms with E-state index in [0.29, 0.717) is 24.8 Å². The molecule has 1 saturated carbocycles. The number of methoxy groups -OCH3 is 1. The number of benzene rings is 1. The summed E-state index contributed by atoms with van der Waals surface area (Å²) in [4.78, 5) is 25.6. The molecule has 7 nitrogen and oxygen atoms in total. The number of carbonyl (C=O) groups excluding carboxylic acids is 2. The Morgan fingerprint density at radius 2 is 1.89 bits per heavy atom. The summed E-state index contributed by atoms with van der Waals surface area (Å²) >= 11 is 0. The third-order valence-electron chi connectivity index (χ3n) is 9.53. The van der Waals surface area contributed by atoms with Gasteiger partial charge in [0.1, 0.15) is 23.9 Å². The smallest absolute Gasteiger partial charge is 0.302 e. The number of carbonyl (C=O) groups is 2. The molecule has 0 spiro atoms. The second kappa shape index (κ2) is 8.46. The van der Waals surface area contributed by atoms with E-state index in [0.717, 1.165) is 16.7 Å². The van der Waals surface area contributed by atoms with Crippen LogP contribution in [0.25, 0.3) is 0 Å². The molecule has 0 amide bonds. The van der Waals surface area contributed by atoms with Gasteiger partial charge in [-0.3, -0.25) is 9.59 Å². The Balaban J connectivity index is 1.57. The summed E-state index contributed by atoms with van der Waals surface area (Å²) in [6.45, 7) is 11.8. The van der Waals surface area contributed by atoms with E-state index < -0.39 is 28.9 Å². The van der Waals surface area contributed by atoms with Crippen LogP contribution in [0.4, 0.5) is 0 Å². The number of rotatable bonds is 6. The molecule has 2 aliphatic heterocycles. The predicted molar refractivity (Wildman–Crippen MR) is 139 cm³/mol. The van der Waals surface area contributed by atoms with Gasteiger partial charge in [-0.1, -0.05) is 56.0 Å². The summed E-state index contributed by atoms with van der Waals surface area (Å²) in [6, 6.07) is 10.0. The summed E-state index contributed by atoms with van der Waals surface area (Å²) in [5.41, 5.74) is 0.594. The predicted octanol–water partition coefficient (Wildman–Crippen LogP) is 4.46. The third kappa shape index (κ3) is 3.28. The van der Waals surface area contributed by atoms with Crippen molar-refractivity contribution in [2.75, 3.05) is 13.7 Å². The Hall–Kier alpha value is -2.58. The summed E-state index contributed by atoms with van der Waals surface area (Å²) in [6.07, 6.45) is 5.10. The van der Waals surface area contributed by atoms with Gasteiger partial charge in [-0.25, -0.2) is 0 Å². The maximum atomic E-state index is 13.8. The first-order valence-corrected chi connectivity index (χ1v) is 13.4. The fraction of sp³-hybridized carbons (Fsp3) is 0.548. The Kier molecular flexibility index (Phi) is 5.72. The van der Waals surface area contributed by atoms with Gasteiger partial charge in [0.05, 0.1) is 12.0 Å². The van der Waals surface area contributed by atoms with Crippen LogP contribution in [0.1, 0.15) is 46.1 Å². The van der Waals surface area contributed by atoms with Gasteiger partial charge in [0.2, 0.25) is 0 Å². The van der Waals surface area contributed by atoms with Crippen LogP contribution < -0.4 is 0 Å². The van der Waals surface area contributed by atoms with Crippen molar-refractivity contribution >= 4 is 11.8 Å². The van der Waals surface area contributed by atoms with Gasteiger partial charge in [0.15, 0.2) is 5.78 Å². The van der Waals surface area contributed by atoms with Gasteiger partial charge >= 0.3 is 5.97 Å². The van der Waals surface area contributed by atoms with E-state index in [4.69, 9.17) is 23.7 Å². The van der Waals surface area contributed by atoms with Gasteiger partial charge in [0.25, 0.3) is 5.97 Å². The van der Waals surface area contributed by atoms with Crippen LogP contribution in [-0.2, 0) is 39.7 Å². The van der Waals surface area contributed by atoms with Crippen LogP contribution in [0.5, 0.6) is 0 Å². The molecule has 2 heterocycles. The van der Waals surface area contributed by atoms with Crippen molar-refractivity contribution in [1.82, 2.24) is 0 Å². The summed E-state index contributed by atoms with van der Waals surface area (Å²) in [5.74, 6) is -2.47. The number of hydrogen-bond acceptors (Lipinski definition) is 7. The number of ether oxygens (including phenoxy) is 5. The highest BCUT2D eigenvalue weighted by Gasteiger charge is 2.79. The van der Waals surface area contributed by atoms with Crippen LogP contribution >= 0.6 is 0 Å². The zero-order valence-electron chi connectivity index (χ0n) is 22.7. The van der Waals surface area contributed by atoms with Gasteiger partial charge in [-0.2, -0.15) is 0 Å². The average Bonchev–Trinajstić information content (AvgIpc) is 3.19. The molecule has 3 aliphatic carbocycles. The van der Waals surface area contributed by atoms with E-state index in [1.807, 2.05) is 50.3 Å². The van der Waals surface area contributed by atoms with E-state index in [1.54, 1.807) is 7.11 Å². The zero-order chi connectivity index (χ0) is 27.1.